The summed E-state index contributed by atoms with van der Waals surface area (Å²) >= 11 is 7.63. The maximum absolute atomic E-state index is 13.0. The molecule has 11 heteroatoms. The minimum Gasteiger partial charge on any atom is -0.312 e. The number of nitrogens with zero attached hydrogens (tertiary/aromatic N) is 5. The van der Waals surface area contributed by atoms with Crippen LogP contribution in [0.3, 0.4) is 0 Å². The number of fused-ring (bicyclic) bond motifs is 1. The van der Waals surface area contributed by atoms with Crippen molar-refractivity contribution >= 4 is 49.1 Å². The smallest absolute Gasteiger partial charge is 0.279 e. The molecule has 180 valence electrons. The second-order valence-corrected chi connectivity index (χ2v) is 10.8. The molecule has 0 radical (unpaired) electrons. The average Bonchev–Trinajstić information content (AvgIpc) is 3.19. The fourth-order valence-corrected chi connectivity index (χ4v) is 6.16. The number of halogens is 1. The first kappa shape index (κ1) is 26.3. The predicted octanol–water partition coefficient (Wildman–Crippen LogP) is 4.41. The van der Waals surface area contributed by atoms with Gasteiger partial charge in [-0.2, -0.15) is 19.8 Å². The van der Waals surface area contributed by atoms with Gasteiger partial charge in [0.25, 0.3) is 5.91 Å². The zero-order valence-corrected chi connectivity index (χ0v) is 21.3. The van der Waals surface area contributed by atoms with Gasteiger partial charge in [0, 0.05) is 43.1 Å². The summed E-state index contributed by atoms with van der Waals surface area (Å²) in [6.07, 6.45) is 1.72. The van der Waals surface area contributed by atoms with Gasteiger partial charge < -0.3 is 4.57 Å². The lowest BCUT2D eigenvalue weighted by molar-refractivity contribution is 0.0997. The van der Waals surface area contributed by atoms with Gasteiger partial charge >= 0.3 is 0 Å². The summed E-state index contributed by atoms with van der Waals surface area (Å²) in [6, 6.07) is 13.0. The second kappa shape index (κ2) is 11.4. The normalized spacial score (nSPS) is 12.0. The Bertz CT molecular complexity index is 1510. The molecule has 0 spiro atoms. The molecule has 0 aliphatic carbocycles. The molecule has 1 heterocycles. The first-order valence-electron chi connectivity index (χ1n) is 10.6. The molecule has 1 amide bonds. The lowest BCUT2D eigenvalue weighted by atomic mass is 10.2. The molecular formula is C24H22ClN5O3S2. The summed E-state index contributed by atoms with van der Waals surface area (Å²) in [5.41, 5.74) is 1.98. The summed E-state index contributed by atoms with van der Waals surface area (Å²) < 4.78 is 29.8. The standard InChI is InChI=1S/C24H22ClN5O3S2/c1-3-14-30-22-17(2)20(25)10-11-21(22)34-24(30)28-23(31)18-6-8-19(9-7-18)35(32,33)29(15-4-12-26)16-5-13-27/h3,6-11H,1,4-5,14-16H2,2H3. The third-order valence-electron chi connectivity index (χ3n) is 5.22. The van der Waals surface area contributed by atoms with Crippen molar-refractivity contribution in [1.82, 2.24) is 8.87 Å². The van der Waals surface area contributed by atoms with E-state index in [0.717, 1.165) is 20.1 Å². The van der Waals surface area contributed by atoms with Gasteiger partial charge in [-0.25, -0.2) is 8.42 Å². The number of carbonyl (C=O) groups is 1. The zero-order valence-electron chi connectivity index (χ0n) is 18.9. The van der Waals surface area contributed by atoms with Crippen molar-refractivity contribution in [3.8, 4) is 12.1 Å². The Morgan fingerprint density at radius 3 is 2.37 bits per heavy atom. The number of carbonyl (C=O) groups excluding carboxylic acids is 1. The van der Waals surface area contributed by atoms with Crippen LogP contribution in [0.25, 0.3) is 10.2 Å². The van der Waals surface area contributed by atoms with Gasteiger partial charge in [0.15, 0.2) is 4.80 Å². The highest BCUT2D eigenvalue weighted by Gasteiger charge is 2.24. The molecule has 0 atom stereocenters. The van der Waals surface area contributed by atoms with Crippen molar-refractivity contribution in [2.45, 2.75) is 31.2 Å². The minimum atomic E-state index is -3.92. The number of thiazole rings is 1. The van der Waals surface area contributed by atoms with Gasteiger partial charge in [0.05, 0.1) is 27.3 Å². The first-order valence-corrected chi connectivity index (χ1v) is 13.2. The Morgan fingerprint density at radius 2 is 1.80 bits per heavy atom. The van der Waals surface area contributed by atoms with E-state index in [-0.39, 0.29) is 36.4 Å². The highest BCUT2D eigenvalue weighted by Crippen LogP contribution is 2.27. The van der Waals surface area contributed by atoms with Crippen LogP contribution in [0, 0.1) is 29.6 Å². The molecule has 35 heavy (non-hydrogen) atoms. The molecular weight excluding hydrogens is 506 g/mol. The zero-order chi connectivity index (χ0) is 25.6. The molecule has 0 N–H and O–H groups in total. The summed E-state index contributed by atoms with van der Waals surface area (Å²) in [7, 11) is -3.92. The molecule has 2 aromatic carbocycles. The average molecular weight is 528 g/mol. The first-order chi connectivity index (χ1) is 16.7. The van der Waals surface area contributed by atoms with Gasteiger partial charge in [-0.3, -0.25) is 4.79 Å². The van der Waals surface area contributed by atoms with Crippen LogP contribution in [0.5, 0.6) is 0 Å². The molecule has 0 fully saturated rings. The number of hydrogen-bond donors (Lipinski definition) is 0. The fraction of sp³-hybridized carbons (Fsp3) is 0.250. The number of nitriles is 2. The molecule has 1 aromatic heterocycles. The Hall–Kier alpha value is -3.28. The van der Waals surface area contributed by atoms with Gasteiger partial charge in [0.2, 0.25) is 10.0 Å². The van der Waals surface area contributed by atoms with E-state index in [2.05, 4.69) is 11.6 Å². The van der Waals surface area contributed by atoms with Crippen molar-refractivity contribution in [3.63, 3.8) is 0 Å². The van der Waals surface area contributed by atoms with Crippen LogP contribution in [0.15, 0.2) is 58.9 Å². The molecule has 0 saturated heterocycles. The van der Waals surface area contributed by atoms with Gasteiger partial charge in [-0.15, -0.1) is 6.58 Å². The molecule has 0 unspecified atom stereocenters. The maximum Gasteiger partial charge on any atom is 0.279 e. The van der Waals surface area contributed by atoms with Crippen LogP contribution in [0.4, 0.5) is 0 Å². The van der Waals surface area contributed by atoms with E-state index in [1.54, 1.807) is 12.1 Å². The molecule has 0 aliphatic rings. The Labute approximate surface area is 212 Å². The van der Waals surface area contributed by atoms with E-state index in [4.69, 9.17) is 22.1 Å². The number of aromatic nitrogens is 1. The lowest BCUT2D eigenvalue weighted by Crippen LogP contribution is -2.32. The van der Waals surface area contributed by atoms with Crippen LogP contribution >= 0.6 is 22.9 Å². The number of allylic oxidation sites excluding steroid dienone is 1. The number of hydrogen-bond acceptors (Lipinski definition) is 6. The summed E-state index contributed by atoms with van der Waals surface area (Å²) in [4.78, 5) is 17.7. The minimum absolute atomic E-state index is 0.00463. The molecule has 0 aliphatic heterocycles. The number of benzene rings is 2. The van der Waals surface area contributed by atoms with E-state index in [9.17, 15) is 13.2 Å². The van der Waals surface area contributed by atoms with E-state index in [1.165, 1.54) is 35.6 Å². The molecule has 0 bridgehead atoms. The Morgan fingerprint density at radius 1 is 1.17 bits per heavy atom. The van der Waals surface area contributed by atoms with Gasteiger partial charge in [-0.1, -0.05) is 29.0 Å². The van der Waals surface area contributed by atoms with Gasteiger partial charge in [-0.05, 0) is 48.9 Å². The SMILES string of the molecule is C=CCn1c(=NC(=O)c2ccc(S(=O)(=O)N(CCC#N)CCC#N)cc2)sc2ccc(Cl)c(C)c21. The quantitative estimate of drug-likeness (QED) is 0.382. The van der Waals surface area contributed by atoms with E-state index in [0.29, 0.717) is 16.4 Å². The van der Waals surface area contributed by atoms with Crippen LogP contribution in [-0.4, -0.2) is 36.3 Å². The third kappa shape index (κ3) is 5.69. The van der Waals surface area contributed by atoms with E-state index >= 15 is 0 Å². The largest absolute Gasteiger partial charge is 0.312 e. The highest BCUT2D eigenvalue weighted by molar-refractivity contribution is 7.89. The lowest BCUT2D eigenvalue weighted by Gasteiger charge is -2.20. The molecule has 0 saturated carbocycles. The van der Waals surface area contributed by atoms with E-state index < -0.39 is 15.9 Å². The number of aryl methyl sites for hydroxylation is 1. The monoisotopic (exact) mass is 527 g/mol. The molecule has 8 nitrogen and oxygen atoms in total. The number of amides is 1. The predicted molar refractivity (Wildman–Crippen MR) is 135 cm³/mol. The van der Waals surface area contributed by atoms with Crippen LogP contribution < -0.4 is 4.80 Å². The summed E-state index contributed by atoms with van der Waals surface area (Å²) in [5.74, 6) is -0.520. The molecule has 3 rings (SSSR count). The summed E-state index contributed by atoms with van der Waals surface area (Å²) in [6.45, 7) is 6.08. The Kier molecular flexibility index (Phi) is 8.60. The van der Waals surface area contributed by atoms with Crippen LogP contribution in [0.2, 0.25) is 5.02 Å². The fourth-order valence-electron chi connectivity index (χ4n) is 3.47. The van der Waals surface area contributed by atoms with Crippen molar-refractivity contribution in [2.75, 3.05) is 13.1 Å². The number of rotatable bonds is 9. The number of sulfonamides is 1. The van der Waals surface area contributed by atoms with Crippen LogP contribution in [0.1, 0.15) is 28.8 Å². The van der Waals surface area contributed by atoms with Gasteiger partial charge in [0.1, 0.15) is 0 Å². The van der Waals surface area contributed by atoms with Crippen molar-refractivity contribution in [1.29, 1.82) is 10.5 Å². The van der Waals surface area contributed by atoms with Crippen molar-refractivity contribution < 1.29 is 13.2 Å². The molecule has 3 aromatic rings. The Balaban J connectivity index is 1.96. The third-order valence-corrected chi connectivity index (χ3v) is 8.59. The van der Waals surface area contributed by atoms with Crippen LogP contribution in [-0.2, 0) is 16.6 Å². The maximum atomic E-state index is 13.0. The van der Waals surface area contributed by atoms with E-state index in [1.807, 2.05) is 29.7 Å². The highest BCUT2D eigenvalue weighted by atomic mass is 35.5. The van der Waals surface area contributed by atoms with Crippen molar-refractivity contribution in [2.24, 2.45) is 4.99 Å². The summed E-state index contributed by atoms with van der Waals surface area (Å²) in [5, 5.41) is 18.3. The second-order valence-electron chi connectivity index (χ2n) is 7.46. The topological polar surface area (TPSA) is 119 Å². The van der Waals surface area contributed by atoms with Crippen molar-refractivity contribution in [3.05, 3.63) is 70.0 Å².